The number of carbonyl (C=O) groups is 1. The molecule has 0 bridgehead atoms. The van der Waals surface area contributed by atoms with Crippen LogP contribution in [-0.2, 0) is 12.8 Å². The Morgan fingerprint density at radius 3 is 2.69 bits per heavy atom. The van der Waals surface area contributed by atoms with Crippen molar-refractivity contribution in [2.75, 3.05) is 13.1 Å². The number of likely N-dealkylation sites (tertiary alicyclic amines) is 1. The maximum atomic E-state index is 13.9. The van der Waals surface area contributed by atoms with Gasteiger partial charge in [0.2, 0.25) is 0 Å². The first kappa shape index (κ1) is 22.9. The average molecular weight is 474 g/mol. The Kier molecular flexibility index (Phi) is 6.66. The molecule has 0 spiro atoms. The van der Waals surface area contributed by atoms with Crippen LogP contribution in [0.2, 0.25) is 0 Å². The van der Waals surface area contributed by atoms with Gasteiger partial charge in [-0.3, -0.25) is 9.78 Å². The minimum absolute atomic E-state index is 0.00208. The van der Waals surface area contributed by atoms with Crippen LogP contribution in [0.1, 0.15) is 57.6 Å². The number of carbonyl (C=O) groups excluding carboxylic acids is 1. The standard InChI is InChI=1S/C28H25F2N3O2/c29-23-8-3-5-19(13-23)14-25-17-32-27(35-25)22-7-4-12-33(18-22)28(34)21-10-11-24(31-16-21)15-20-6-1-2-9-26(20)30/h1-3,5-6,8-11,13,16-17,22H,4,7,12,14-15,18H2/t22-/m0/s1. The summed E-state index contributed by atoms with van der Waals surface area (Å²) in [4.78, 5) is 23.7. The van der Waals surface area contributed by atoms with E-state index in [4.69, 9.17) is 4.42 Å². The third kappa shape index (κ3) is 5.45. The van der Waals surface area contributed by atoms with Gasteiger partial charge >= 0.3 is 0 Å². The fourth-order valence-electron chi connectivity index (χ4n) is 4.48. The van der Waals surface area contributed by atoms with Crippen LogP contribution < -0.4 is 0 Å². The quantitative estimate of drug-likeness (QED) is 0.369. The molecular weight excluding hydrogens is 448 g/mol. The van der Waals surface area contributed by atoms with Crippen LogP contribution in [0.3, 0.4) is 0 Å². The SMILES string of the molecule is O=C(c1ccc(Cc2ccccc2F)nc1)N1CCC[C@H](c2ncc(Cc3cccc(F)c3)o2)C1. The summed E-state index contributed by atoms with van der Waals surface area (Å²) in [5.74, 6) is 0.641. The van der Waals surface area contributed by atoms with Crippen LogP contribution in [0.5, 0.6) is 0 Å². The lowest BCUT2D eigenvalue weighted by Crippen LogP contribution is -2.39. The number of halogens is 2. The molecule has 1 atom stereocenters. The predicted octanol–water partition coefficient (Wildman–Crippen LogP) is 5.55. The van der Waals surface area contributed by atoms with Gasteiger partial charge in [-0.25, -0.2) is 13.8 Å². The molecule has 5 nitrogen and oxygen atoms in total. The second-order valence-electron chi connectivity index (χ2n) is 8.87. The van der Waals surface area contributed by atoms with E-state index in [1.54, 1.807) is 53.7 Å². The van der Waals surface area contributed by atoms with Crippen molar-refractivity contribution in [2.24, 2.45) is 0 Å². The highest BCUT2D eigenvalue weighted by atomic mass is 19.1. The number of nitrogens with zero attached hydrogens (tertiary/aromatic N) is 3. The maximum absolute atomic E-state index is 13.9. The number of oxazole rings is 1. The topological polar surface area (TPSA) is 59.2 Å². The molecule has 5 rings (SSSR count). The summed E-state index contributed by atoms with van der Waals surface area (Å²) in [6.07, 6.45) is 5.80. The largest absolute Gasteiger partial charge is 0.445 e. The Morgan fingerprint density at radius 2 is 1.89 bits per heavy atom. The van der Waals surface area contributed by atoms with Crippen molar-refractivity contribution in [3.8, 4) is 0 Å². The van der Waals surface area contributed by atoms with Gasteiger partial charge in [0, 0.05) is 37.8 Å². The molecular formula is C28H25F2N3O2. The van der Waals surface area contributed by atoms with Crippen molar-refractivity contribution in [3.05, 3.63) is 119 Å². The van der Waals surface area contributed by atoms with Gasteiger partial charge in [-0.1, -0.05) is 30.3 Å². The van der Waals surface area contributed by atoms with E-state index in [0.29, 0.717) is 54.4 Å². The highest BCUT2D eigenvalue weighted by molar-refractivity contribution is 5.94. The number of hydrogen-bond donors (Lipinski definition) is 0. The van der Waals surface area contributed by atoms with E-state index in [9.17, 15) is 13.6 Å². The smallest absolute Gasteiger partial charge is 0.255 e. The number of aromatic nitrogens is 2. The van der Waals surface area contributed by atoms with Crippen molar-refractivity contribution >= 4 is 5.91 Å². The lowest BCUT2D eigenvalue weighted by atomic mass is 9.97. The van der Waals surface area contributed by atoms with Gasteiger partial charge in [0.1, 0.15) is 17.4 Å². The molecule has 0 N–H and O–H groups in total. The first-order chi connectivity index (χ1) is 17.0. The maximum Gasteiger partial charge on any atom is 0.255 e. The Morgan fingerprint density at radius 1 is 1.00 bits per heavy atom. The zero-order valence-electron chi connectivity index (χ0n) is 19.2. The molecule has 35 heavy (non-hydrogen) atoms. The molecule has 1 saturated heterocycles. The zero-order chi connectivity index (χ0) is 24.2. The van der Waals surface area contributed by atoms with E-state index < -0.39 is 0 Å². The number of hydrogen-bond acceptors (Lipinski definition) is 4. The Balaban J connectivity index is 1.22. The highest BCUT2D eigenvalue weighted by Gasteiger charge is 2.28. The summed E-state index contributed by atoms with van der Waals surface area (Å²) >= 11 is 0. The summed E-state index contributed by atoms with van der Waals surface area (Å²) in [6.45, 7) is 1.17. The van der Waals surface area contributed by atoms with Gasteiger partial charge in [0.15, 0.2) is 5.89 Å². The lowest BCUT2D eigenvalue weighted by molar-refractivity contribution is 0.0697. The number of benzene rings is 2. The molecule has 0 aliphatic carbocycles. The van der Waals surface area contributed by atoms with Crippen LogP contribution in [0, 0.1) is 11.6 Å². The average Bonchev–Trinajstić information content (AvgIpc) is 3.34. The summed E-state index contributed by atoms with van der Waals surface area (Å²) in [6, 6.07) is 16.5. The Hall–Kier alpha value is -3.87. The molecule has 2 aromatic heterocycles. The van der Waals surface area contributed by atoms with E-state index in [1.165, 1.54) is 18.2 Å². The second kappa shape index (κ2) is 10.2. The van der Waals surface area contributed by atoms with Gasteiger partial charge in [-0.15, -0.1) is 0 Å². The van der Waals surface area contributed by atoms with Crippen LogP contribution in [0.15, 0.2) is 77.5 Å². The van der Waals surface area contributed by atoms with Crippen LogP contribution in [0.4, 0.5) is 8.78 Å². The molecule has 1 aliphatic rings. The minimum atomic E-state index is -0.279. The van der Waals surface area contributed by atoms with E-state index in [-0.39, 0.29) is 23.5 Å². The summed E-state index contributed by atoms with van der Waals surface area (Å²) in [7, 11) is 0. The Labute approximate surface area is 202 Å². The van der Waals surface area contributed by atoms with Crippen molar-refractivity contribution in [3.63, 3.8) is 0 Å². The van der Waals surface area contributed by atoms with Crippen molar-refractivity contribution < 1.29 is 18.0 Å². The summed E-state index contributed by atoms with van der Waals surface area (Å²) in [5.41, 5.74) is 2.59. The molecule has 4 aromatic rings. The number of amides is 1. The second-order valence-corrected chi connectivity index (χ2v) is 8.87. The van der Waals surface area contributed by atoms with Gasteiger partial charge in [-0.2, -0.15) is 0 Å². The van der Waals surface area contributed by atoms with Crippen LogP contribution in [0.25, 0.3) is 0 Å². The molecule has 3 heterocycles. The van der Waals surface area contributed by atoms with E-state index in [1.807, 2.05) is 6.07 Å². The minimum Gasteiger partial charge on any atom is -0.445 e. The fraction of sp³-hybridized carbons (Fsp3) is 0.250. The number of pyridine rings is 1. The molecule has 1 aliphatic heterocycles. The fourth-order valence-corrected chi connectivity index (χ4v) is 4.48. The molecule has 178 valence electrons. The van der Waals surface area contributed by atoms with E-state index >= 15 is 0 Å². The lowest BCUT2D eigenvalue weighted by Gasteiger charge is -2.31. The van der Waals surface area contributed by atoms with Crippen LogP contribution >= 0.6 is 0 Å². The Bertz CT molecular complexity index is 1320. The van der Waals surface area contributed by atoms with Gasteiger partial charge in [-0.05, 0) is 54.3 Å². The van der Waals surface area contributed by atoms with Crippen molar-refractivity contribution in [2.45, 2.75) is 31.6 Å². The summed E-state index contributed by atoms with van der Waals surface area (Å²) < 4.78 is 33.3. The molecule has 1 amide bonds. The van der Waals surface area contributed by atoms with Crippen molar-refractivity contribution in [1.29, 1.82) is 0 Å². The number of piperidine rings is 1. The van der Waals surface area contributed by atoms with Crippen molar-refractivity contribution in [1.82, 2.24) is 14.9 Å². The number of rotatable bonds is 6. The van der Waals surface area contributed by atoms with E-state index in [0.717, 1.165) is 18.4 Å². The molecule has 0 saturated carbocycles. The highest BCUT2D eigenvalue weighted by Crippen LogP contribution is 2.28. The van der Waals surface area contributed by atoms with E-state index in [2.05, 4.69) is 9.97 Å². The zero-order valence-corrected chi connectivity index (χ0v) is 19.2. The molecule has 2 aromatic carbocycles. The third-order valence-electron chi connectivity index (χ3n) is 6.30. The van der Waals surface area contributed by atoms with Crippen LogP contribution in [-0.4, -0.2) is 33.9 Å². The predicted molar refractivity (Wildman–Crippen MR) is 127 cm³/mol. The molecule has 0 unspecified atom stereocenters. The summed E-state index contributed by atoms with van der Waals surface area (Å²) in [5, 5.41) is 0. The van der Waals surface area contributed by atoms with Gasteiger partial charge in [0.25, 0.3) is 5.91 Å². The normalized spacial score (nSPS) is 15.8. The molecule has 1 fully saturated rings. The first-order valence-corrected chi connectivity index (χ1v) is 11.7. The van der Waals surface area contributed by atoms with Gasteiger partial charge < -0.3 is 9.32 Å². The third-order valence-corrected chi connectivity index (χ3v) is 6.30. The molecule has 7 heteroatoms. The van der Waals surface area contributed by atoms with Gasteiger partial charge in [0.05, 0.1) is 17.7 Å². The monoisotopic (exact) mass is 473 g/mol. The first-order valence-electron chi connectivity index (χ1n) is 11.7. The molecule has 0 radical (unpaired) electrons.